The molecule has 26 heavy (non-hydrogen) atoms. The quantitative estimate of drug-likeness (QED) is 0.814. The minimum absolute atomic E-state index is 0.0393. The molecule has 0 saturated carbocycles. The molecule has 140 valence electrons. The Bertz CT molecular complexity index is 759. The van der Waals surface area contributed by atoms with Crippen molar-refractivity contribution in [3.63, 3.8) is 0 Å². The van der Waals surface area contributed by atoms with Crippen molar-refractivity contribution in [1.82, 2.24) is 15.5 Å². The Morgan fingerprint density at radius 1 is 1.31 bits per heavy atom. The van der Waals surface area contributed by atoms with Gasteiger partial charge in [-0.2, -0.15) is 0 Å². The van der Waals surface area contributed by atoms with Crippen LogP contribution in [0.2, 0.25) is 0 Å². The highest BCUT2D eigenvalue weighted by molar-refractivity contribution is 5.78. The average molecular weight is 359 g/mol. The molecule has 1 saturated heterocycles. The van der Waals surface area contributed by atoms with Crippen molar-refractivity contribution in [1.29, 1.82) is 0 Å². The summed E-state index contributed by atoms with van der Waals surface area (Å²) in [5, 5.41) is 6.90. The fraction of sp³-hybridized carbons (Fsp3) is 0.526. The summed E-state index contributed by atoms with van der Waals surface area (Å²) in [7, 11) is 0. The van der Waals surface area contributed by atoms with Crippen LogP contribution in [-0.4, -0.2) is 41.9 Å². The third-order valence-corrected chi connectivity index (χ3v) is 4.45. The maximum atomic E-state index is 12.3. The molecule has 0 spiro atoms. The van der Waals surface area contributed by atoms with Crippen LogP contribution in [-0.2, 0) is 22.4 Å². The summed E-state index contributed by atoms with van der Waals surface area (Å²) in [5.74, 6) is 1.47. The third-order valence-electron chi connectivity index (χ3n) is 4.45. The summed E-state index contributed by atoms with van der Waals surface area (Å²) < 4.78 is 16.5. The lowest BCUT2D eigenvalue weighted by Gasteiger charge is -2.18. The lowest BCUT2D eigenvalue weighted by atomic mass is 9.98. The van der Waals surface area contributed by atoms with Gasteiger partial charge in [-0.25, -0.2) is 0 Å². The Morgan fingerprint density at radius 2 is 2.15 bits per heavy atom. The lowest BCUT2D eigenvalue weighted by Crippen LogP contribution is -2.42. The molecule has 1 fully saturated rings. The van der Waals surface area contributed by atoms with E-state index in [1.165, 1.54) is 0 Å². The largest absolute Gasteiger partial charge is 0.482 e. The number of nitrogens with zero attached hydrogens (tertiary/aromatic N) is 2. The number of hydrogen-bond acceptors (Lipinski definition) is 6. The summed E-state index contributed by atoms with van der Waals surface area (Å²) >= 11 is 0. The molecule has 3 heterocycles. The van der Waals surface area contributed by atoms with Crippen LogP contribution in [0.25, 0.3) is 0 Å². The summed E-state index contributed by atoms with van der Waals surface area (Å²) in [6.45, 7) is 6.89. The summed E-state index contributed by atoms with van der Waals surface area (Å²) in [5.41, 5.74) is 2.65. The molecule has 1 aliphatic heterocycles. The van der Waals surface area contributed by atoms with Gasteiger partial charge in [0.2, 0.25) is 0 Å². The predicted octanol–water partition coefficient (Wildman–Crippen LogP) is 2.00. The van der Waals surface area contributed by atoms with Crippen LogP contribution < -0.4 is 10.1 Å². The number of nitrogens with one attached hydrogen (secondary N) is 1. The van der Waals surface area contributed by atoms with Crippen molar-refractivity contribution in [2.75, 3.05) is 19.8 Å². The second-order valence-electron chi connectivity index (χ2n) is 6.65. The van der Waals surface area contributed by atoms with Crippen molar-refractivity contribution in [3.05, 3.63) is 41.0 Å². The van der Waals surface area contributed by atoms with Gasteiger partial charge < -0.3 is 19.3 Å². The molecular formula is C19H25N3O4. The summed E-state index contributed by atoms with van der Waals surface area (Å²) in [4.78, 5) is 16.7. The van der Waals surface area contributed by atoms with E-state index in [1.54, 1.807) is 0 Å². The van der Waals surface area contributed by atoms with Gasteiger partial charge in [0.25, 0.3) is 5.91 Å². The van der Waals surface area contributed by atoms with E-state index >= 15 is 0 Å². The second-order valence-corrected chi connectivity index (χ2v) is 6.65. The van der Waals surface area contributed by atoms with Crippen molar-refractivity contribution in [2.45, 2.75) is 39.7 Å². The standard InChI is InChI=1S/C19H25N3O4/c1-4-16-18(6-5-12(2)20-16)25-11-19(23)21-17-10-24-9-14(17)8-15-7-13(3)22-26-15/h5-7,14,17H,4,8-11H2,1-3H3,(H,21,23)/t14-,17+/m0/s1. The highest BCUT2D eigenvalue weighted by Gasteiger charge is 2.30. The molecule has 2 aromatic heterocycles. The first-order valence-corrected chi connectivity index (χ1v) is 8.93. The molecule has 0 unspecified atom stereocenters. The Balaban J connectivity index is 1.52. The maximum Gasteiger partial charge on any atom is 0.258 e. The van der Waals surface area contributed by atoms with E-state index in [1.807, 2.05) is 39.0 Å². The maximum absolute atomic E-state index is 12.3. The monoisotopic (exact) mass is 359 g/mol. The van der Waals surface area contributed by atoms with Crippen LogP contribution in [0.1, 0.15) is 29.8 Å². The molecule has 7 nitrogen and oxygen atoms in total. The number of ether oxygens (including phenoxy) is 2. The Kier molecular flexibility index (Phi) is 5.88. The number of aromatic nitrogens is 2. The molecule has 0 aromatic carbocycles. The van der Waals surface area contributed by atoms with Gasteiger partial charge in [-0.3, -0.25) is 9.78 Å². The fourth-order valence-electron chi connectivity index (χ4n) is 3.10. The van der Waals surface area contributed by atoms with Gasteiger partial charge in [0.05, 0.1) is 30.6 Å². The van der Waals surface area contributed by atoms with E-state index in [4.69, 9.17) is 14.0 Å². The topological polar surface area (TPSA) is 86.5 Å². The van der Waals surface area contributed by atoms with E-state index < -0.39 is 0 Å². The number of rotatable bonds is 7. The zero-order valence-corrected chi connectivity index (χ0v) is 15.4. The summed E-state index contributed by atoms with van der Waals surface area (Å²) in [6.07, 6.45) is 1.45. The number of aryl methyl sites for hydroxylation is 3. The smallest absolute Gasteiger partial charge is 0.258 e. The first-order chi connectivity index (χ1) is 12.5. The number of carbonyl (C=O) groups is 1. The van der Waals surface area contributed by atoms with Crippen LogP contribution >= 0.6 is 0 Å². The van der Waals surface area contributed by atoms with Crippen molar-refractivity contribution in [2.24, 2.45) is 5.92 Å². The van der Waals surface area contributed by atoms with Gasteiger partial charge in [-0.1, -0.05) is 12.1 Å². The zero-order valence-electron chi connectivity index (χ0n) is 15.4. The van der Waals surface area contributed by atoms with Crippen molar-refractivity contribution in [3.8, 4) is 5.75 Å². The fourth-order valence-corrected chi connectivity index (χ4v) is 3.10. The molecule has 2 atom stereocenters. The normalized spacial score (nSPS) is 19.5. The minimum atomic E-state index is -0.165. The van der Waals surface area contributed by atoms with Gasteiger partial charge in [0.15, 0.2) is 6.61 Å². The van der Waals surface area contributed by atoms with E-state index in [0.717, 1.165) is 29.3 Å². The number of amides is 1. The third kappa shape index (κ3) is 4.60. The van der Waals surface area contributed by atoms with E-state index in [0.29, 0.717) is 25.4 Å². The summed E-state index contributed by atoms with van der Waals surface area (Å²) in [6, 6.07) is 5.60. The minimum Gasteiger partial charge on any atom is -0.482 e. The molecule has 2 aromatic rings. The molecule has 0 bridgehead atoms. The van der Waals surface area contributed by atoms with Gasteiger partial charge in [0.1, 0.15) is 11.5 Å². The Labute approximate surface area is 153 Å². The first kappa shape index (κ1) is 18.4. The predicted molar refractivity (Wildman–Crippen MR) is 95.0 cm³/mol. The Morgan fingerprint density at radius 3 is 2.88 bits per heavy atom. The van der Waals surface area contributed by atoms with E-state index in [2.05, 4.69) is 15.5 Å². The molecule has 1 aliphatic rings. The van der Waals surface area contributed by atoms with Crippen LogP contribution in [0.4, 0.5) is 0 Å². The van der Waals surface area contributed by atoms with Gasteiger partial charge in [0, 0.05) is 24.1 Å². The molecule has 0 radical (unpaired) electrons. The zero-order chi connectivity index (χ0) is 18.5. The van der Waals surface area contributed by atoms with Crippen LogP contribution in [0.5, 0.6) is 5.75 Å². The molecule has 1 amide bonds. The Hall–Kier alpha value is -2.41. The van der Waals surface area contributed by atoms with Crippen molar-refractivity contribution >= 4 is 5.91 Å². The van der Waals surface area contributed by atoms with E-state index in [-0.39, 0.29) is 24.5 Å². The number of pyridine rings is 1. The van der Waals surface area contributed by atoms with Gasteiger partial charge in [-0.05, 0) is 32.4 Å². The molecule has 7 heteroatoms. The SMILES string of the molecule is CCc1nc(C)ccc1OCC(=O)N[C@@H]1COC[C@@H]1Cc1cc(C)no1. The molecule has 1 N–H and O–H groups in total. The first-order valence-electron chi connectivity index (χ1n) is 8.93. The van der Waals surface area contributed by atoms with Crippen LogP contribution in [0, 0.1) is 19.8 Å². The highest BCUT2D eigenvalue weighted by atomic mass is 16.5. The van der Waals surface area contributed by atoms with Gasteiger partial charge >= 0.3 is 0 Å². The van der Waals surface area contributed by atoms with Crippen LogP contribution in [0.3, 0.4) is 0 Å². The highest BCUT2D eigenvalue weighted by Crippen LogP contribution is 2.20. The average Bonchev–Trinajstić information content (AvgIpc) is 3.23. The number of carbonyl (C=O) groups excluding carboxylic acids is 1. The van der Waals surface area contributed by atoms with Crippen LogP contribution in [0.15, 0.2) is 22.7 Å². The van der Waals surface area contributed by atoms with Crippen molar-refractivity contribution < 1.29 is 18.8 Å². The molecule has 0 aliphatic carbocycles. The number of hydrogen-bond donors (Lipinski definition) is 1. The second kappa shape index (κ2) is 8.31. The molecule has 3 rings (SSSR count). The molecular weight excluding hydrogens is 334 g/mol. The van der Waals surface area contributed by atoms with E-state index in [9.17, 15) is 4.79 Å². The lowest BCUT2D eigenvalue weighted by molar-refractivity contribution is -0.124. The van der Waals surface area contributed by atoms with Gasteiger partial charge in [-0.15, -0.1) is 0 Å².